The lowest BCUT2D eigenvalue weighted by Crippen LogP contribution is -2.25. The van der Waals surface area contributed by atoms with Crippen molar-refractivity contribution in [3.8, 4) is 5.75 Å². The molecule has 3 heteroatoms. The standard InChI is InChI=1S/C15H26N2O/c1-6-12(10(2)3)17-13-8-7-9-14(15(13)16)18-11(4)5/h7-12,17H,6,16H2,1-5H3. The molecule has 0 bridgehead atoms. The first-order valence-corrected chi connectivity index (χ1v) is 6.77. The number of para-hydroxylation sites is 1. The molecule has 0 saturated carbocycles. The van der Waals surface area contributed by atoms with E-state index in [1.54, 1.807) is 0 Å². The fraction of sp³-hybridized carbons (Fsp3) is 0.600. The van der Waals surface area contributed by atoms with Gasteiger partial charge in [0.2, 0.25) is 0 Å². The summed E-state index contributed by atoms with van der Waals surface area (Å²) in [6.07, 6.45) is 1.21. The number of hydrogen-bond donors (Lipinski definition) is 2. The van der Waals surface area contributed by atoms with Gasteiger partial charge in [-0.1, -0.05) is 26.8 Å². The fourth-order valence-corrected chi connectivity index (χ4v) is 1.97. The van der Waals surface area contributed by atoms with Crippen molar-refractivity contribution in [3.05, 3.63) is 18.2 Å². The number of benzene rings is 1. The van der Waals surface area contributed by atoms with Gasteiger partial charge in [-0.2, -0.15) is 0 Å². The van der Waals surface area contributed by atoms with Crippen LogP contribution in [-0.4, -0.2) is 12.1 Å². The van der Waals surface area contributed by atoms with Crippen LogP contribution in [0.25, 0.3) is 0 Å². The maximum Gasteiger partial charge on any atom is 0.144 e. The van der Waals surface area contributed by atoms with Crippen LogP contribution in [0.5, 0.6) is 5.75 Å². The second-order valence-corrected chi connectivity index (χ2v) is 5.29. The largest absolute Gasteiger partial charge is 0.489 e. The molecule has 0 aliphatic rings. The normalized spacial score (nSPS) is 12.8. The van der Waals surface area contributed by atoms with Crippen LogP contribution < -0.4 is 15.8 Å². The van der Waals surface area contributed by atoms with E-state index in [1.807, 2.05) is 32.0 Å². The SMILES string of the molecule is CCC(Nc1cccc(OC(C)C)c1N)C(C)C. The zero-order valence-electron chi connectivity index (χ0n) is 12.2. The monoisotopic (exact) mass is 250 g/mol. The molecule has 0 radical (unpaired) electrons. The molecule has 0 saturated heterocycles. The zero-order valence-corrected chi connectivity index (χ0v) is 12.2. The molecule has 0 aromatic heterocycles. The van der Waals surface area contributed by atoms with Crippen molar-refractivity contribution in [3.63, 3.8) is 0 Å². The van der Waals surface area contributed by atoms with Gasteiger partial charge in [-0.05, 0) is 38.3 Å². The first-order chi connectivity index (χ1) is 8.45. The Morgan fingerprint density at radius 3 is 2.39 bits per heavy atom. The molecule has 0 aliphatic heterocycles. The molecular weight excluding hydrogens is 224 g/mol. The molecular formula is C15H26N2O. The minimum absolute atomic E-state index is 0.134. The number of rotatable bonds is 6. The number of anilines is 2. The maximum absolute atomic E-state index is 6.15. The van der Waals surface area contributed by atoms with Crippen molar-refractivity contribution in [1.29, 1.82) is 0 Å². The van der Waals surface area contributed by atoms with Gasteiger partial charge in [-0.25, -0.2) is 0 Å². The summed E-state index contributed by atoms with van der Waals surface area (Å²) in [5.74, 6) is 1.33. The summed E-state index contributed by atoms with van der Waals surface area (Å²) in [6, 6.07) is 6.33. The van der Waals surface area contributed by atoms with Gasteiger partial charge in [0.1, 0.15) is 5.75 Å². The van der Waals surface area contributed by atoms with Crippen LogP contribution in [0.1, 0.15) is 41.0 Å². The smallest absolute Gasteiger partial charge is 0.144 e. The van der Waals surface area contributed by atoms with Crippen LogP contribution in [0.3, 0.4) is 0 Å². The van der Waals surface area contributed by atoms with Gasteiger partial charge in [0.05, 0.1) is 17.5 Å². The van der Waals surface area contributed by atoms with Gasteiger partial charge in [0.25, 0.3) is 0 Å². The third-order valence-electron chi connectivity index (χ3n) is 3.01. The van der Waals surface area contributed by atoms with Gasteiger partial charge in [0.15, 0.2) is 0 Å². The molecule has 1 unspecified atom stereocenters. The van der Waals surface area contributed by atoms with E-state index in [0.29, 0.717) is 17.6 Å². The molecule has 102 valence electrons. The lowest BCUT2D eigenvalue weighted by Gasteiger charge is -2.24. The van der Waals surface area contributed by atoms with E-state index in [-0.39, 0.29) is 6.10 Å². The van der Waals surface area contributed by atoms with Gasteiger partial charge >= 0.3 is 0 Å². The summed E-state index contributed by atoms with van der Waals surface area (Å²) < 4.78 is 5.70. The Balaban J connectivity index is 2.89. The summed E-state index contributed by atoms with van der Waals surface area (Å²) in [5, 5.41) is 3.51. The van der Waals surface area contributed by atoms with Gasteiger partial charge in [-0.3, -0.25) is 0 Å². The Morgan fingerprint density at radius 1 is 1.22 bits per heavy atom. The third-order valence-corrected chi connectivity index (χ3v) is 3.01. The van der Waals surface area contributed by atoms with Crippen LogP contribution >= 0.6 is 0 Å². The highest BCUT2D eigenvalue weighted by Crippen LogP contribution is 2.31. The highest BCUT2D eigenvalue weighted by Gasteiger charge is 2.14. The van der Waals surface area contributed by atoms with Crippen molar-refractivity contribution < 1.29 is 4.74 Å². The van der Waals surface area contributed by atoms with Crippen molar-refractivity contribution in [1.82, 2.24) is 0 Å². The second-order valence-electron chi connectivity index (χ2n) is 5.29. The molecule has 0 aliphatic carbocycles. The Hall–Kier alpha value is -1.38. The van der Waals surface area contributed by atoms with E-state index in [9.17, 15) is 0 Å². The van der Waals surface area contributed by atoms with Gasteiger partial charge in [-0.15, -0.1) is 0 Å². The van der Waals surface area contributed by atoms with Crippen molar-refractivity contribution in [2.75, 3.05) is 11.1 Å². The maximum atomic E-state index is 6.15. The number of nitrogens with one attached hydrogen (secondary N) is 1. The number of ether oxygens (including phenoxy) is 1. The van der Waals surface area contributed by atoms with Gasteiger partial charge in [0, 0.05) is 6.04 Å². The van der Waals surface area contributed by atoms with E-state index in [2.05, 4.69) is 26.1 Å². The Bertz CT molecular complexity index is 375. The van der Waals surface area contributed by atoms with Crippen LogP contribution in [-0.2, 0) is 0 Å². The van der Waals surface area contributed by atoms with Crippen LogP contribution in [0.15, 0.2) is 18.2 Å². The summed E-state index contributed by atoms with van der Waals surface area (Å²) in [4.78, 5) is 0. The van der Waals surface area contributed by atoms with E-state index in [0.717, 1.165) is 17.9 Å². The molecule has 3 nitrogen and oxygen atoms in total. The van der Waals surface area contributed by atoms with Crippen molar-refractivity contribution >= 4 is 11.4 Å². The summed E-state index contributed by atoms with van der Waals surface area (Å²) in [7, 11) is 0. The van der Waals surface area contributed by atoms with Crippen molar-refractivity contribution in [2.24, 2.45) is 5.92 Å². The molecule has 1 aromatic carbocycles. The lowest BCUT2D eigenvalue weighted by molar-refractivity contribution is 0.244. The van der Waals surface area contributed by atoms with E-state index < -0.39 is 0 Å². The molecule has 18 heavy (non-hydrogen) atoms. The summed E-state index contributed by atoms with van der Waals surface area (Å²) in [5.41, 5.74) is 7.81. The topological polar surface area (TPSA) is 47.3 Å². The van der Waals surface area contributed by atoms with Gasteiger partial charge < -0.3 is 15.8 Å². The number of nitrogens with two attached hydrogens (primary N) is 1. The van der Waals surface area contributed by atoms with Crippen molar-refractivity contribution in [2.45, 2.75) is 53.2 Å². The molecule has 3 N–H and O–H groups in total. The van der Waals surface area contributed by atoms with E-state index >= 15 is 0 Å². The minimum atomic E-state index is 0.134. The predicted octanol–water partition coefficient (Wildman–Crippen LogP) is 3.90. The number of nitrogen functional groups attached to an aromatic ring is 1. The molecule has 0 fully saturated rings. The minimum Gasteiger partial charge on any atom is -0.489 e. The van der Waals surface area contributed by atoms with E-state index in [1.165, 1.54) is 0 Å². The average molecular weight is 250 g/mol. The Morgan fingerprint density at radius 2 is 1.89 bits per heavy atom. The fourth-order valence-electron chi connectivity index (χ4n) is 1.97. The third kappa shape index (κ3) is 3.83. The second kappa shape index (κ2) is 6.53. The lowest BCUT2D eigenvalue weighted by atomic mass is 10.0. The summed E-state index contributed by atoms with van der Waals surface area (Å²) in [6.45, 7) is 10.6. The average Bonchev–Trinajstić information content (AvgIpc) is 2.29. The molecule has 0 heterocycles. The van der Waals surface area contributed by atoms with Crippen LogP contribution in [0.2, 0.25) is 0 Å². The van der Waals surface area contributed by atoms with Crippen LogP contribution in [0.4, 0.5) is 11.4 Å². The molecule has 1 rings (SSSR count). The molecule has 0 amide bonds. The molecule has 1 atom stereocenters. The Labute approximate surface area is 111 Å². The Kier molecular flexibility index (Phi) is 5.32. The highest BCUT2D eigenvalue weighted by molar-refractivity contribution is 5.73. The quantitative estimate of drug-likeness (QED) is 0.753. The molecule has 1 aromatic rings. The van der Waals surface area contributed by atoms with Crippen LogP contribution in [0, 0.1) is 5.92 Å². The zero-order chi connectivity index (χ0) is 13.7. The first-order valence-electron chi connectivity index (χ1n) is 6.77. The summed E-state index contributed by atoms with van der Waals surface area (Å²) >= 11 is 0. The number of hydrogen-bond acceptors (Lipinski definition) is 3. The predicted molar refractivity (Wildman–Crippen MR) is 79.2 cm³/mol. The molecule has 0 spiro atoms. The van der Waals surface area contributed by atoms with E-state index in [4.69, 9.17) is 10.5 Å². The highest BCUT2D eigenvalue weighted by atomic mass is 16.5. The first kappa shape index (κ1) is 14.7.